The number of nitrogens with one attached hydrogen (secondary N) is 1. The van der Waals surface area contributed by atoms with Crippen molar-refractivity contribution in [1.29, 1.82) is 0 Å². The van der Waals surface area contributed by atoms with Crippen LogP contribution in [0.15, 0.2) is 0 Å². The molecule has 1 unspecified atom stereocenters. The number of likely N-dealkylation sites (tertiary alicyclic amines) is 1. The van der Waals surface area contributed by atoms with E-state index < -0.39 is 0 Å². The Kier molecular flexibility index (Phi) is 1.24. The van der Waals surface area contributed by atoms with Crippen molar-refractivity contribution in [3.63, 3.8) is 0 Å². The number of nitrogens with zero attached hydrogens (tertiary/aromatic N) is 1. The Morgan fingerprint density at radius 2 is 2.33 bits per heavy atom. The zero-order valence-electron chi connectivity index (χ0n) is 5.93. The third-order valence-electron chi connectivity index (χ3n) is 2.55. The Morgan fingerprint density at radius 3 is 3.11 bits per heavy atom. The van der Waals surface area contributed by atoms with Crippen LogP contribution in [0, 0.1) is 5.92 Å². The summed E-state index contributed by atoms with van der Waals surface area (Å²) in [6.07, 6.45) is 1.40. The fourth-order valence-corrected chi connectivity index (χ4v) is 2.06. The normalized spacial score (nSPS) is 43.7. The van der Waals surface area contributed by atoms with E-state index in [2.05, 4.69) is 17.3 Å². The van der Waals surface area contributed by atoms with Crippen molar-refractivity contribution in [1.82, 2.24) is 10.2 Å². The van der Waals surface area contributed by atoms with E-state index in [4.69, 9.17) is 0 Å². The first-order valence-electron chi connectivity index (χ1n) is 3.78. The van der Waals surface area contributed by atoms with Gasteiger partial charge in [-0.2, -0.15) is 0 Å². The maximum absolute atomic E-state index is 3.51. The lowest BCUT2D eigenvalue weighted by Crippen LogP contribution is -2.28. The third kappa shape index (κ3) is 0.864. The SMILES string of the molecule is CN1CC2CCN[C@@H]2C1. The van der Waals surface area contributed by atoms with Gasteiger partial charge in [-0.3, -0.25) is 0 Å². The smallest absolute Gasteiger partial charge is 0.0235 e. The highest BCUT2D eigenvalue weighted by Gasteiger charge is 2.33. The molecule has 2 nitrogen and oxygen atoms in total. The summed E-state index contributed by atoms with van der Waals surface area (Å²) in [4.78, 5) is 2.42. The lowest BCUT2D eigenvalue weighted by atomic mass is 10.1. The number of rotatable bonds is 0. The quantitative estimate of drug-likeness (QED) is 0.488. The van der Waals surface area contributed by atoms with E-state index in [-0.39, 0.29) is 0 Å². The first-order valence-corrected chi connectivity index (χ1v) is 3.78. The summed E-state index contributed by atoms with van der Waals surface area (Å²) in [6, 6.07) is 0.829. The number of likely N-dealkylation sites (N-methyl/N-ethyl adjacent to an activating group) is 1. The molecule has 1 N–H and O–H groups in total. The summed E-state index contributed by atoms with van der Waals surface area (Å²) >= 11 is 0. The predicted molar refractivity (Wildman–Crippen MR) is 37.4 cm³/mol. The molecule has 0 aliphatic carbocycles. The van der Waals surface area contributed by atoms with Crippen molar-refractivity contribution < 1.29 is 0 Å². The average Bonchev–Trinajstić information content (AvgIpc) is 2.22. The minimum atomic E-state index is 0.829. The fraction of sp³-hybridized carbons (Fsp3) is 1.00. The Hall–Kier alpha value is -0.0800. The van der Waals surface area contributed by atoms with Crippen molar-refractivity contribution in [3.05, 3.63) is 0 Å². The monoisotopic (exact) mass is 126 g/mol. The predicted octanol–water partition coefficient (Wildman–Crippen LogP) is -0.0901. The van der Waals surface area contributed by atoms with Crippen molar-refractivity contribution >= 4 is 0 Å². The Bertz CT molecular complexity index is 101. The van der Waals surface area contributed by atoms with E-state index in [1.165, 1.54) is 26.1 Å². The molecule has 2 heteroatoms. The van der Waals surface area contributed by atoms with E-state index in [0.717, 1.165) is 12.0 Å². The zero-order valence-corrected chi connectivity index (χ0v) is 5.93. The zero-order chi connectivity index (χ0) is 6.27. The summed E-state index contributed by atoms with van der Waals surface area (Å²) in [5, 5.41) is 3.51. The molecule has 0 aromatic heterocycles. The van der Waals surface area contributed by atoms with Gasteiger partial charge in [0, 0.05) is 19.1 Å². The molecule has 2 aliphatic rings. The molecule has 2 rings (SSSR count). The number of hydrogen-bond acceptors (Lipinski definition) is 2. The van der Waals surface area contributed by atoms with Crippen LogP contribution >= 0.6 is 0 Å². The van der Waals surface area contributed by atoms with Gasteiger partial charge in [0.15, 0.2) is 0 Å². The second-order valence-electron chi connectivity index (χ2n) is 3.33. The molecule has 2 atom stereocenters. The molecule has 9 heavy (non-hydrogen) atoms. The highest BCUT2D eigenvalue weighted by molar-refractivity contribution is 4.92. The second-order valence-corrected chi connectivity index (χ2v) is 3.33. The highest BCUT2D eigenvalue weighted by Crippen LogP contribution is 2.22. The maximum atomic E-state index is 3.51. The average molecular weight is 126 g/mol. The first-order chi connectivity index (χ1) is 4.36. The summed E-state index contributed by atoms with van der Waals surface area (Å²) in [6.45, 7) is 3.84. The van der Waals surface area contributed by atoms with Gasteiger partial charge < -0.3 is 10.2 Å². The first kappa shape index (κ1) is 5.69. The fourth-order valence-electron chi connectivity index (χ4n) is 2.06. The number of fused-ring (bicyclic) bond motifs is 1. The standard InChI is InChI=1S/C7H14N2/c1-9-4-6-2-3-8-7(6)5-9/h6-8H,2-5H2,1H3/t6?,7-/m1/s1. The summed E-state index contributed by atoms with van der Waals surface area (Å²) in [5.41, 5.74) is 0. The van der Waals surface area contributed by atoms with E-state index in [9.17, 15) is 0 Å². The van der Waals surface area contributed by atoms with Gasteiger partial charge in [-0.1, -0.05) is 0 Å². The maximum Gasteiger partial charge on any atom is 0.0235 e. The van der Waals surface area contributed by atoms with E-state index in [1.807, 2.05) is 0 Å². The number of hydrogen-bond donors (Lipinski definition) is 1. The largest absolute Gasteiger partial charge is 0.312 e. The van der Waals surface area contributed by atoms with Crippen LogP contribution < -0.4 is 5.32 Å². The van der Waals surface area contributed by atoms with Crippen LogP contribution in [-0.4, -0.2) is 37.6 Å². The van der Waals surface area contributed by atoms with Gasteiger partial charge >= 0.3 is 0 Å². The Balaban J connectivity index is 2.02. The summed E-state index contributed by atoms with van der Waals surface area (Å²) < 4.78 is 0. The molecule has 0 bridgehead atoms. The van der Waals surface area contributed by atoms with Gasteiger partial charge in [0.25, 0.3) is 0 Å². The summed E-state index contributed by atoms with van der Waals surface area (Å²) in [5.74, 6) is 0.968. The minimum absolute atomic E-state index is 0.829. The summed E-state index contributed by atoms with van der Waals surface area (Å²) in [7, 11) is 2.21. The Morgan fingerprint density at radius 1 is 1.44 bits per heavy atom. The van der Waals surface area contributed by atoms with Crippen LogP contribution in [0.3, 0.4) is 0 Å². The van der Waals surface area contributed by atoms with Gasteiger partial charge in [0.1, 0.15) is 0 Å². The van der Waals surface area contributed by atoms with Gasteiger partial charge in [-0.15, -0.1) is 0 Å². The van der Waals surface area contributed by atoms with Gasteiger partial charge in [-0.05, 0) is 25.9 Å². The van der Waals surface area contributed by atoms with Crippen LogP contribution in [0.4, 0.5) is 0 Å². The van der Waals surface area contributed by atoms with Gasteiger partial charge in [0.2, 0.25) is 0 Å². The van der Waals surface area contributed by atoms with Crippen LogP contribution in [0.1, 0.15) is 6.42 Å². The molecule has 0 radical (unpaired) electrons. The lowest BCUT2D eigenvalue weighted by molar-refractivity contribution is 0.382. The molecule has 0 saturated carbocycles. The second kappa shape index (κ2) is 1.96. The van der Waals surface area contributed by atoms with Gasteiger partial charge in [-0.25, -0.2) is 0 Å². The molecule has 2 fully saturated rings. The molecule has 2 heterocycles. The molecule has 52 valence electrons. The topological polar surface area (TPSA) is 15.3 Å². The van der Waals surface area contributed by atoms with E-state index >= 15 is 0 Å². The van der Waals surface area contributed by atoms with Gasteiger partial charge in [0.05, 0.1) is 0 Å². The molecule has 2 aliphatic heterocycles. The molecule has 0 aromatic rings. The van der Waals surface area contributed by atoms with Crippen molar-refractivity contribution in [3.8, 4) is 0 Å². The molecule has 0 amide bonds. The van der Waals surface area contributed by atoms with Crippen LogP contribution in [0.5, 0.6) is 0 Å². The van der Waals surface area contributed by atoms with E-state index in [1.54, 1.807) is 0 Å². The lowest BCUT2D eigenvalue weighted by Gasteiger charge is -2.07. The highest BCUT2D eigenvalue weighted by atomic mass is 15.2. The van der Waals surface area contributed by atoms with Crippen LogP contribution in [0.2, 0.25) is 0 Å². The molecular weight excluding hydrogens is 112 g/mol. The minimum Gasteiger partial charge on any atom is -0.312 e. The van der Waals surface area contributed by atoms with Crippen LogP contribution in [-0.2, 0) is 0 Å². The van der Waals surface area contributed by atoms with Crippen molar-refractivity contribution in [2.24, 2.45) is 5.92 Å². The molecule has 2 saturated heterocycles. The molecular formula is C7H14N2. The molecule has 0 spiro atoms. The molecule has 0 aromatic carbocycles. The van der Waals surface area contributed by atoms with Crippen molar-refractivity contribution in [2.75, 3.05) is 26.7 Å². The van der Waals surface area contributed by atoms with E-state index in [0.29, 0.717) is 0 Å². The Labute approximate surface area is 56.2 Å². The van der Waals surface area contributed by atoms with Crippen molar-refractivity contribution in [2.45, 2.75) is 12.5 Å². The third-order valence-corrected chi connectivity index (χ3v) is 2.55. The van der Waals surface area contributed by atoms with Crippen LogP contribution in [0.25, 0.3) is 0 Å².